The van der Waals surface area contributed by atoms with Gasteiger partial charge in [-0.05, 0) is 0 Å². The molecule has 0 aromatic heterocycles. The molecule has 1 aliphatic heterocycles. The van der Waals surface area contributed by atoms with E-state index in [0.717, 1.165) is 19.6 Å². The van der Waals surface area contributed by atoms with Crippen molar-refractivity contribution in [3.8, 4) is 0 Å². The Balaban J connectivity index is 0.000000292. The highest BCUT2D eigenvalue weighted by atomic mass is 16.1. The lowest BCUT2D eigenvalue weighted by atomic mass is 10.3. The summed E-state index contributed by atoms with van der Waals surface area (Å²) in [6, 6.07) is 0. The Bertz CT molecular complexity index is 165. The van der Waals surface area contributed by atoms with Crippen molar-refractivity contribution >= 4 is 5.91 Å². The first-order chi connectivity index (χ1) is 6.70. The summed E-state index contributed by atoms with van der Waals surface area (Å²) in [4.78, 5) is 12.1. The maximum Gasteiger partial charge on any atom is 0.216 e. The topological polar surface area (TPSA) is 44.4 Å². The lowest BCUT2D eigenvalue weighted by Crippen LogP contribution is -2.43. The number of carbonyl (C=O) groups is 1. The van der Waals surface area contributed by atoms with Gasteiger partial charge in [0.15, 0.2) is 0 Å². The standard InChI is InChI=1S/C7H14N2.C3H7NO/c1-2-5-9-6-3-8-4-7-9;1-3(5)4-2/h2,8H,1,3-7H2;1-2H3,(H,4,5). The van der Waals surface area contributed by atoms with Gasteiger partial charge in [0.1, 0.15) is 0 Å². The van der Waals surface area contributed by atoms with Crippen LogP contribution in [-0.4, -0.2) is 50.6 Å². The second-order valence-electron chi connectivity index (χ2n) is 3.15. The molecule has 4 heteroatoms. The Morgan fingerprint density at radius 1 is 1.57 bits per heavy atom. The molecule has 1 rings (SSSR count). The van der Waals surface area contributed by atoms with E-state index in [2.05, 4.69) is 22.1 Å². The number of piperazine rings is 1. The monoisotopic (exact) mass is 199 g/mol. The Morgan fingerprint density at radius 2 is 2.07 bits per heavy atom. The van der Waals surface area contributed by atoms with E-state index in [1.165, 1.54) is 20.0 Å². The molecule has 4 nitrogen and oxygen atoms in total. The van der Waals surface area contributed by atoms with Gasteiger partial charge in [0.05, 0.1) is 0 Å². The van der Waals surface area contributed by atoms with Gasteiger partial charge in [-0.3, -0.25) is 9.69 Å². The van der Waals surface area contributed by atoms with Gasteiger partial charge in [-0.25, -0.2) is 0 Å². The molecule has 0 aromatic carbocycles. The van der Waals surface area contributed by atoms with Crippen LogP contribution < -0.4 is 10.6 Å². The summed E-state index contributed by atoms with van der Waals surface area (Å²) in [7, 11) is 1.60. The summed E-state index contributed by atoms with van der Waals surface area (Å²) in [6.07, 6.45) is 1.96. The average molecular weight is 199 g/mol. The van der Waals surface area contributed by atoms with E-state index < -0.39 is 0 Å². The number of hydrogen-bond donors (Lipinski definition) is 2. The van der Waals surface area contributed by atoms with Gasteiger partial charge in [-0.1, -0.05) is 6.08 Å². The van der Waals surface area contributed by atoms with Gasteiger partial charge in [0.25, 0.3) is 0 Å². The zero-order valence-electron chi connectivity index (χ0n) is 9.18. The summed E-state index contributed by atoms with van der Waals surface area (Å²) in [5.74, 6) is 0.00463. The summed E-state index contributed by atoms with van der Waals surface area (Å²) < 4.78 is 0. The molecule has 0 unspecified atom stereocenters. The van der Waals surface area contributed by atoms with Gasteiger partial charge < -0.3 is 10.6 Å². The Kier molecular flexibility index (Phi) is 8.17. The van der Waals surface area contributed by atoms with E-state index in [0.29, 0.717) is 0 Å². The van der Waals surface area contributed by atoms with Gasteiger partial charge >= 0.3 is 0 Å². The molecule has 0 bridgehead atoms. The fourth-order valence-electron chi connectivity index (χ4n) is 1.08. The molecule has 0 atom stereocenters. The van der Waals surface area contributed by atoms with E-state index in [1.54, 1.807) is 7.05 Å². The lowest BCUT2D eigenvalue weighted by Gasteiger charge is -2.25. The largest absolute Gasteiger partial charge is 0.359 e. The molecule has 14 heavy (non-hydrogen) atoms. The van der Waals surface area contributed by atoms with Gasteiger partial charge in [-0.15, -0.1) is 6.58 Å². The van der Waals surface area contributed by atoms with Crippen LogP contribution in [0.4, 0.5) is 0 Å². The third-order valence-corrected chi connectivity index (χ3v) is 1.95. The van der Waals surface area contributed by atoms with Gasteiger partial charge in [0.2, 0.25) is 5.91 Å². The van der Waals surface area contributed by atoms with Crippen molar-refractivity contribution in [3.63, 3.8) is 0 Å². The summed E-state index contributed by atoms with van der Waals surface area (Å²) in [5.41, 5.74) is 0. The minimum absolute atomic E-state index is 0.00463. The van der Waals surface area contributed by atoms with Crippen molar-refractivity contribution in [2.45, 2.75) is 6.92 Å². The number of carbonyl (C=O) groups excluding carboxylic acids is 1. The van der Waals surface area contributed by atoms with Crippen molar-refractivity contribution in [1.29, 1.82) is 0 Å². The van der Waals surface area contributed by atoms with Crippen molar-refractivity contribution in [1.82, 2.24) is 15.5 Å². The van der Waals surface area contributed by atoms with Crippen molar-refractivity contribution in [2.75, 3.05) is 39.8 Å². The predicted octanol–water partition coefficient (Wildman–Crippen LogP) is -0.170. The maximum atomic E-state index is 9.70. The average Bonchev–Trinajstić information content (AvgIpc) is 2.21. The van der Waals surface area contributed by atoms with Crippen molar-refractivity contribution in [2.24, 2.45) is 0 Å². The van der Waals surface area contributed by atoms with Crippen molar-refractivity contribution < 1.29 is 4.79 Å². The van der Waals surface area contributed by atoms with Gasteiger partial charge in [0, 0.05) is 46.7 Å². The highest BCUT2D eigenvalue weighted by Crippen LogP contribution is 1.89. The third kappa shape index (κ3) is 7.76. The molecule has 82 valence electrons. The van der Waals surface area contributed by atoms with E-state index in [4.69, 9.17) is 0 Å². The Hall–Kier alpha value is -0.870. The first kappa shape index (κ1) is 13.1. The molecular weight excluding hydrogens is 178 g/mol. The minimum atomic E-state index is 0.00463. The van der Waals surface area contributed by atoms with E-state index >= 15 is 0 Å². The van der Waals surface area contributed by atoms with Crippen LogP contribution in [0.25, 0.3) is 0 Å². The maximum absolute atomic E-state index is 9.70. The fraction of sp³-hybridized carbons (Fsp3) is 0.700. The second kappa shape index (κ2) is 8.72. The highest BCUT2D eigenvalue weighted by molar-refractivity contribution is 5.72. The molecule has 1 heterocycles. The Labute approximate surface area is 86.4 Å². The zero-order chi connectivity index (χ0) is 10.8. The Morgan fingerprint density at radius 3 is 2.43 bits per heavy atom. The molecule has 0 spiro atoms. The van der Waals surface area contributed by atoms with Crippen LogP contribution in [0.15, 0.2) is 12.7 Å². The molecule has 0 aliphatic carbocycles. The van der Waals surface area contributed by atoms with Crippen LogP contribution in [-0.2, 0) is 4.79 Å². The van der Waals surface area contributed by atoms with Crippen LogP contribution in [0.5, 0.6) is 0 Å². The van der Waals surface area contributed by atoms with E-state index in [1.807, 2.05) is 6.08 Å². The quantitative estimate of drug-likeness (QED) is 0.607. The fourth-order valence-corrected chi connectivity index (χ4v) is 1.08. The van der Waals surface area contributed by atoms with Crippen LogP contribution >= 0.6 is 0 Å². The predicted molar refractivity (Wildman–Crippen MR) is 59.2 cm³/mol. The SMILES string of the molecule is C=CCN1CCNCC1.CNC(C)=O. The van der Waals surface area contributed by atoms with Crippen LogP contribution in [0, 0.1) is 0 Å². The van der Waals surface area contributed by atoms with Crippen LogP contribution in [0.1, 0.15) is 6.92 Å². The summed E-state index contributed by atoms with van der Waals surface area (Å²) in [5, 5.41) is 5.69. The molecule has 1 saturated heterocycles. The zero-order valence-corrected chi connectivity index (χ0v) is 9.18. The number of hydrogen-bond acceptors (Lipinski definition) is 3. The summed E-state index contributed by atoms with van der Waals surface area (Å²) in [6.45, 7) is 10.8. The normalized spacial score (nSPS) is 16.4. The third-order valence-electron chi connectivity index (χ3n) is 1.95. The van der Waals surface area contributed by atoms with E-state index in [-0.39, 0.29) is 5.91 Å². The molecule has 2 N–H and O–H groups in total. The second-order valence-corrected chi connectivity index (χ2v) is 3.15. The summed E-state index contributed by atoms with van der Waals surface area (Å²) >= 11 is 0. The van der Waals surface area contributed by atoms with Crippen LogP contribution in [0.3, 0.4) is 0 Å². The molecular formula is C10H21N3O. The van der Waals surface area contributed by atoms with Crippen molar-refractivity contribution in [3.05, 3.63) is 12.7 Å². The molecule has 0 saturated carbocycles. The molecule has 0 radical (unpaired) electrons. The molecule has 1 fully saturated rings. The lowest BCUT2D eigenvalue weighted by molar-refractivity contribution is -0.118. The smallest absolute Gasteiger partial charge is 0.216 e. The molecule has 1 amide bonds. The number of nitrogens with zero attached hydrogens (tertiary/aromatic N) is 1. The highest BCUT2D eigenvalue weighted by Gasteiger charge is 2.05. The van der Waals surface area contributed by atoms with E-state index in [9.17, 15) is 4.79 Å². The number of amides is 1. The van der Waals surface area contributed by atoms with Gasteiger partial charge in [-0.2, -0.15) is 0 Å². The minimum Gasteiger partial charge on any atom is -0.359 e. The van der Waals surface area contributed by atoms with Crippen LogP contribution in [0.2, 0.25) is 0 Å². The number of rotatable bonds is 2. The molecule has 1 aliphatic rings. The first-order valence-corrected chi connectivity index (χ1v) is 4.93. The first-order valence-electron chi connectivity index (χ1n) is 4.93. The number of nitrogens with one attached hydrogen (secondary N) is 2. The molecule has 0 aromatic rings.